The van der Waals surface area contributed by atoms with E-state index in [1.165, 1.54) is 12.8 Å². The van der Waals surface area contributed by atoms with E-state index in [9.17, 15) is 5.11 Å². The molecular weight excluding hydrogens is 565 g/mol. The molecule has 8 rings (SSSR count). The van der Waals surface area contributed by atoms with Gasteiger partial charge < -0.3 is 25.0 Å². The van der Waals surface area contributed by atoms with E-state index in [1.807, 2.05) is 24.3 Å². The average Bonchev–Trinajstić information content (AvgIpc) is 3.59. The van der Waals surface area contributed by atoms with Gasteiger partial charge in [0.25, 0.3) is 0 Å². The topological polar surface area (TPSA) is 73.8 Å². The quantitative estimate of drug-likeness (QED) is 0.269. The Bertz CT molecular complexity index is 1720. The number of nitrogens with zero attached hydrogens (tertiary/aromatic N) is 4. The van der Waals surface area contributed by atoms with Gasteiger partial charge in [0.1, 0.15) is 17.1 Å². The summed E-state index contributed by atoms with van der Waals surface area (Å²) >= 11 is 6.91. The van der Waals surface area contributed by atoms with E-state index in [0.29, 0.717) is 41.5 Å². The zero-order chi connectivity index (χ0) is 29.3. The molecular formula is C34H37ClFN5O2. The number of rotatable bonds is 5. The summed E-state index contributed by atoms with van der Waals surface area (Å²) in [5, 5.41) is 16.7. The van der Waals surface area contributed by atoms with Crippen LogP contribution < -0.4 is 15.0 Å². The molecule has 3 aliphatic heterocycles. The van der Waals surface area contributed by atoms with Gasteiger partial charge in [-0.3, -0.25) is 0 Å². The van der Waals surface area contributed by atoms with E-state index in [-0.39, 0.29) is 33.3 Å². The smallest absolute Gasteiger partial charge is 0.319 e. The summed E-state index contributed by atoms with van der Waals surface area (Å²) in [7, 11) is 2.22. The first-order valence-corrected chi connectivity index (χ1v) is 16.0. The molecule has 7 nitrogen and oxygen atoms in total. The molecule has 4 atom stereocenters. The van der Waals surface area contributed by atoms with Crippen LogP contribution in [0.3, 0.4) is 0 Å². The molecule has 4 aromatic rings. The second-order valence-electron chi connectivity index (χ2n) is 13.2. The third-order valence-corrected chi connectivity index (χ3v) is 10.8. The zero-order valence-corrected chi connectivity index (χ0v) is 25.2. The molecule has 3 saturated heterocycles. The number of hydrogen-bond donors (Lipinski definition) is 2. The number of fused-ring (bicyclic) bond motifs is 5. The number of nitrogens with one attached hydrogen (secondary N) is 1. The lowest BCUT2D eigenvalue weighted by atomic mass is 9.76. The molecule has 2 bridgehead atoms. The van der Waals surface area contributed by atoms with Gasteiger partial charge in [-0.25, -0.2) is 4.39 Å². The van der Waals surface area contributed by atoms with E-state index in [4.69, 9.17) is 26.3 Å². The van der Waals surface area contributed by atoms with Gasteiger partial charge >= 0.3 is 6.01 Å². The average molecular weight is 602 g/mol. The Kier molecular flexibility index (Phi) is 6.65. The van der Waals surface area contributed by atoms with E-state index < -0.39 is 5.82 Å². The van der Waals surface area contributed by atoms with Crippen molar-refractivity contribution in [2.75, 3.05) is 38.2 Å². The van der Waals surface area contributed by atoms with Crippen molar-refractivity contribution in [3.8, 4) is 22.9 Å². The fourth-order valence-electron chi connectivity index (χ4n) is 8.57. The van der Waals surface area contributed by atoms with Crippen molar-refractivity contribution in [2.24, 2.45) is 5.41 Å². The molecule has 43 heavy (non-hydrogen) atoms. The van der Waals surface area contributed by atoms with E-state index in [1.54, 1.807) is 18.2 Å². The lowest BCUT2D eigenvalue weighted by Crippen LogP contribution is -2.51. The predicted octanol–water partition coefficient (Wildman–Crippen LogP) is 6.53. The molecule has 4 heterocycles. The minimum absolute atomic E-state index is 0.0516. The van der Waals surface area contributed by atoms with Crippen molar-refractivity contribution < 1.29 is 14.2 Å². The second-order valence-corrected chi connectivity index (χ2v) is 13.6. The maximum Gasteiger partial charge on any atom is 0.319 e. The summed E-state index contributed by atoms with van der Waals surface area (Å²) in [5.41, 5.74) is 1.02. The van der Waals surface area contributed by atoms with Crippen molar-refractivity contribution in [1.82, 2.24) is 20.2 Å². The van der Waals surface area contributed by atoms with Gasteiger partial charge in [0.05, 0.1) is 11.6 Å². The molecule has 224 valence electrons. The Balaban J connectivity index is 1.26. The number of phenols is 1. The van der Waals surface area contributed by atoms with E-state index in [2.05, 4.69) is 22.2 Å². The number of piperidine rings is 1. The highest BCUT2D eigenvalue weighted by atomic mass is 35.5. The van der Waals surface area contributed by atoms with Crippen LogP contribution in [0, 0.1) is 11.2 Å². The number of ether oxygens (including phenoxy) is 1. The number of benzene rings is 3. The first-order chi connectivity index (χ1) is 20.9. The third-order valence-electron chi connectivity index (χ3n) is 10.5. The number of phenolic OH excluding ortho intramolecular Hbond substituents is 1. The molecule has 4 fully saturated rings. The normalized spacial score (nSPS) is 27.2. The fraction of sp³-hybridized carbons (Fsp3) is 0.471. The van der Waals surface area contributed by atoms with Crippen LogP contribution in [0.4, 0.5) is 10.2 Å². The highest BCUT2D eigenvalue weighted by Crippen LogP contribution is 2.48. The van der Waals surface area contributed by atoms with Gasteiger partial charge in [-0.05, 0) is 86.7 Å². The Hall–Kier alpha value is -3.20. The number of anilines is 1. The number of piperazine rings is 1. The molecule has 2 N–H and O–H groups in total. The second kappa shape index (κ2) is 10.5. The highest BCUT2D eigenvalue weighted by Gasteiger charge is 2.47. The number of halogens is 2. The Labute approximate surface area is 256 Å². The van der Waals surface area contributed by atoms with Gasteiger partial charge in [-0.15, -0.1) is 0 Å². The molecule has 0 radical (unpaired) electrons. The lowest BCUT2D eigenvalue weighted by Gasteiger charge is -2.44. The van der Waals surface area contributed by atoms with Crippen LogP contribution in [0.5, 0.6) is 11.8 Å². The summed E-state index contributed by atoms with van der Waals surface area (Å²) < 4.78 is 23.4. The maximum atomic E-state index is 16.9. The zero-order valence-electron chi connectivity index (χ0n) is 24.5. The van der Waals surface area contributed by atoms with Gasteiger partial charge in [0, 0.05) is 47.6 Å². The van der Waals surface area contributed by atoms with Crippen LogP contribution in [0.1, 0.15) is 44.9 Å². The summed E-state index contributed by atoms with van der Waals surface area (Å²) in [6.07, 6.45) is 8.02. The molecule has 0 amide bonds. The predicted molar refractivity (Wildman–Crippen MR) is 169 cm³/mol. The molecule has 1 aliphatic carbocycles. The molecule has 0 spiro atoms. The van der Waals surface area contributed by atoms with Gasteiger partial charge in [-0.1, -0.05) is 42.3 Å². The molecule has 9 heteroatoms. The molecule has 2 unspecified atom stereocenters. The van der Waals surface area contributed by atoms with Crippen LogP contribution in [-0.4, -0.2) is 71.4 Å². The fourth-order valence-corrected chi connectivity index (χ4v) is 8.86. The van der Waals surface area contributed by atoms with Crippen molar-refractivity contribution in [3.05, 3.63) is 53.3 Å². The van der Waals surface area contributed by atoms with Crippen LogP contribution in [0.25, 0.3) is 32.8 Å². The largest absolute Gasteiger partial charge is 0.508 e. The van der Waals surface area contributed by atoms with Gasteiger partial charge in [0.15, 0.2) is 5.82 Å². The summed E-state index contributed by atoms with van der Waals surface area (Å²) in [6, 6.07) is 14.1. The minimum atomic E-state index is -0.529. The number of aromatic hydroxyl groups is 1. The molecule has 3 aromatic carbocycles. The van der Waals surface area contributed by atoms with Crippen LogP contribution >= 0.6 is 11.6 Å². The maximum absolute atomic E-state index is 16.9. The van der Waals surface area contributed by atoms with Crippen molar-refractivity contribution in [2.45, 2.75) is 63.1 Å². The minimum Gasteiger partial charge on any atom is -0.508 e. The first kappa shape index (κ1) is 27.4. The van der Waals surface area contributed by atoms with E-state index >= 15 is 4.39 Å². The van der Waals surface area contributed by atoms with Crippen molar-refractivity contribution in [3.63, 3.8) is 0 Å². The van der Waals surface area contributed by atoms with Crippen LogP contribution in [-0.2, 0) is 0 Å². The number of likely N-dealkylation sites (tertiary alicyclic amines) is 1. The van der Waals surface area contributed by atoms with Crippen molar-refractivity contribution >= 4 is 39.1 Å². The Morgan fingerprint density at radius 2 is 1.84 bits per heavy atom. The standard InChI is InChI=1S/C34H37ClFN5O2/c1-40-13-5-12-34(11-4-8-28(34)40)19-43-33-38-31-26(32(39-33)41-17-21-9-10-22(18-41)37-21)16-27(35)29(30(31)36)25-15-23(42)14-20-6-2-3-7-24(20)25/h2-3,6-7,14-16,21-22,28,37,42H,4-5,8-13,17-19H2,1H3/t21?,22?,28-,34-/m1/s1. The molecule has 4 aliphatic rings. The van der Waals surface area contributed by atoms with Crippen LogP contribution in [0.15, 0.2) is 42.5 Å². The van der Waals surface area contributed by atoms with Gasteiger partial charge in [0.2, 0.25) is 0 Å². The first-order valence-electron chi connectivity index (χ1n) is 15.6. The monoisotopic (exact) mass is 601 g/mol. The number of hydrogen-bond acceptors (Lipinski definition) is 7. The van der Waals surface area contributed by atoms with Gasteiger partial charge in [-0.2, -0.15) is 9.97 Å². The van der Waals surface area contributed by atoms with E-state index in [0.717, 1.165) is 62.5 Å². The van der Waals surface area contributed by atoms with Crippen LogP contribution in [0.2, 0.25) is 5.02 Å². The Morgan fingerprint density at radius 1 is 1.05 bits per heavy atom. The third kappa shape index (κ3) is 4.61. The summed E-state index contributed by atoms with van der Waals surface area (Å²) in [5.74, 6) is 0.197. The molecule has 1 saturated carbocycles. The Morgan fingerprint density at radius 3 is 2.67 bits per heavy atom. The number of aromatic nitrogens is 2. The summed E-state index contributed by atoms with van der Waals surface area (Å²) in [4.78, 5) is 14.4. The lowest BCUT2D eigenvalue weighted by molar-refractivity contribution is 0.0133. The van der Waals surface area contributed by atoms with Crippen molar-refractivity contribution in [1.29, 1.82) is 0 Å². The SMILES string of the molecule is CN1CCC[C@@]2(COc3nc(N4CC5CCC(C4)N5)c4cc(Cl)c(-c5cc(O)cc6ccccc56)c(F)c4n3)CCC[C@@H]12. The highest BCUT2D eigenvalue weighted by molar-refractivity contribution is 6.35. The summed E-state index contributed by atoms with van der Waals surface area (Å²) in [6.45, 7) is 3.22. The molecule has 1 aromatic heterocycles.